The first kappa shape index (κ1) is 17.4. The molecule has 6 heteroatoms. The van der Waals surface area contributed by atoms with Crippen molar-refractivity contribution in [2.45, 2.75) is 38.1 Å². The van der Waals surface area contributed by atoms with E-state index in [9.17, 15) is 9.18 Å². The molecule has 1 aliphatic carbocycles. The molecule has 1 saturated carbocycles. The molecule has 1 fully saturated rings. The molecule has 0 bridgehead atoms. The monoisotopic (exact) mass is 364 g/mol. The lowest BCUT2D eigenvalue weighted by Crippen LogP contribution is -2.35. The molecule has 2 rings (SSSR count). The Balaban J connectivity index is 0.00000200. The fourth-order valence-electron chi connectivity index (χ4n) is 2.51. The second-order valence-corrected chi connectivity index (χ2v) is 5.94. The summed E-state index contributed by atoms with van der Waals surface area (Å²) in [5, 5.41) is 2.72. The maximum atomic E-state index is 13.3. The van der Waals surface area contributed by atoms with E-state index in [2.05, 4.69) is 21.2 Å². The summed E-state index contributed by atoms with van der Waals surface area (Å²) in [6, 6.07) is 4.67. The lowest BCUT2D eigenvalue weighted by atomic mass is 9.83. The molecule has 0 radical (unpaired) electrons. The smallest absolute Gasteiger partial charge is 0.224 e. The fraction of sp³-hybridized carbons (Fsp3) is 0.500. The van der Waals surface area contributed by atoms with Gasteiger partial charge in [-0.05, 0) is 52.9 Å². The van der Waals surface area contributed by atoms with Crippen LogP contribution in [0.1, 0.15) is 32.1 Å². The third-order valence-electron chi connectivity index (χ3n) is 3.62. The van der Waals surface area contributed by atoms with Gasteiger partial charge in [-0.1, -0.05) is 12.8 Å². The highest BCUT2D eigenvalue weighted by Gasteiger charge is 2.24. The molecule has 0 aliphatic heterocycles. The zero-order valence-corrected chi connectivity index (χ0v) is 13.5. The molecule has 0 aromatic heterocycles. The number of halogens is 3. The average Bonchev–Trinajstić information content (AvgIpc) is 2.37. The number of hydrogen-bond donors (Lipinski definition) is 2. The summed E-state index contributed by atoms with van der Waals surface area (Å²) in [5.74, 6) is -0.231. The van der Waals surface area contributed by atoms with Crippen LogP contribution in [0.2, 0.25) is 0 Å². The summed E-state index contributed by atoms with van der Waals surface area (Å²) in [7, 11) is 0. The number of anilines is 1. The van der Waals surface area contributed by atoms with Crippen molar-refractivity contribution in [3.05, 3.63) is 28.5 Å². The van der Waals surface area contributed by atoms with E-state index >= 15 is 0 Å². The highest BCUT2D eigenvalue weighted by Crippen LogP contribution is 2.26. The minimum absolute atomic E-state index is 0. The molecular formula is C14H19BrClFN2O. The van der Waals surface area contributed by atoms with Crippen LogP contribution in [0.25, 0.3) is 0 Å². The molecule has 20 heavy (non-hydrogen) atoms. The van der Waals surface area contributed by atoms with Crippen LogP contribution in [-0.4, -0.2) is 11.9 Å². The molecule has 1 aliphatic rings. The second kappa shape index (κ2) is 7.96. The Bertz CT molecular complexity index is 472. The Kier molecular flexibility index (Phi) is 6.92. The molecule has 0 spiro atoms. The number of benzene rings is 1. The van der Waals surface area contributed by atoms with Crippen molar-refractivity contribution in [2.75, 3.05) is 5.32 Å². The predicted molar refractivity (Wildman–Crippen MR) is 84.5 cm³/mol. The molecule has 2 unspecified atom stereocenters. The zero-order valence-electron chi connectivity index (χ0n) is 11.1. The molecule has 1 aromatic carbocycles. The zero-order chi connectivity index (χ0) is 13.8. The van der Waals surface area contributed by atoms with E-state index in [0.29, 0.717) is 16.6 Å². The molecule has 3 nitrogen and oxygen atoms in total. The molecule has 1 aromatic rings. The van der Waals surface area contributed by atoms with E-state index in [0.717, 1.165) is 25.7 Å². The maximum absolute atomic E-state index is 13.3. The van der Waals surface area contributed by atoms with Crippen molar-refractivity contribution in [3.63, 3.8) is 0 Å². The Morgan fingerprint density at radius 1 is 1.40 bits per heavy atom. The quantitative estimate of drug-likeness (QED) is 0.854. The van der Waals surface area contributed by atoms with Gasteiger partial charge >= 0.3 is 0 Å². The van der Waals surface area contributed by atoms with Crippen molar-refractivity contribution in [2.24, 2.45) is 11.7 Å². The molecule has 3 N–H and O–H groups in total. The highest BCUT2D eigenvalue weighted by molar-refractivity contribution is 9.10. The summed E-state index contributed by atoms with van der Waals surface area (Å²) < 4.78 is 13.7. The van der Waals surface area contributed by atoms with Gasteiger partial charge in [0.05, 0.1) is 4.47 Å². The van der Waals surface area contributed by atoms with Gasteiger partial charge in [-0.25, -0.2) is 4.39 Å². The minimum atomic E-state index is -0.382. The summed E-state index contributed by atoms with van der Waals surface area (Å²) in [6.07, 6.45) is 4.70. The molecule has 2 atom stereocenters. The van der Waals surface area contributed by atoms with E-state index in [-0.39, 0.29) is 36.1 Å². The number of nitrogens with two attached hydrogens (primary N) is 1. The first-order chi connectivity index (χ1) is 9.06. The lowest BCUT2D eigenvalue weighted by Gasteiger charge is -2.27. The van der Waals surface area contributed by atoms with E-state index in [1.165, 1.54) is 6.07 Å². The number of carbonyl (C=O) groups is 1. The Morgan fingerprint density at radius 3 is 2.75 bits per heavy atom. The van der Waals surface area contributed by atoms with Gasteiger partial charge in [-0.2, -0.15) is 0 Å². The lowest BCUT2D eigenvalue weighted by molar-refractivity contribution is -0.117. The molecule has 112 valence electrons. The number of amides is 1. The van der Waals surface area contributed by atoms with E-state index in [4.69, 9.17) is 5.73 Å². The largest absolute Gasteiger partial charge is 0.327 e. The van der Waals surface area contributed by atoms with Crippen LogP contribution in [-0.2, 0) is 4.79 Å². The van der Waals surface area contributed by atoms with Crippen molar-refractivity contribution in [1.29, 1.82) is 0 Å². The summed E-state index contributed by atoms with van der Waals surface area (Å²) >= 11 is 3.08. The number of carbonyl (C=O) groups excluding carboxylic acids is 1. The third-order valence-corrected chi connectivity index (χ3v) is 4.26. The van der Waals surface area contributed by atoms with Crippen LogP contribution < -0.4 is 11.1 Å². The standard InChI is InChI=1S/C14H18BrFN2O.ClH/c15-11-6-5-10(8-12(11)16)18-14(19)7-9-3-1-2-4-13(9)17;/h5-6,8-9,13H,1-4,7,17H2,(H,18,19);1H. The van der Waals surface area contributed by atoms with E-state index < -0.39 is 0 Å². The van der Waals surface area contributed by atoms with Crippen LogP contribution in [0.3, 0.4) is 0 Å². The maximum Gasteiger partial charge on any atom is 0.224 e. The first-order valence-electron chi connectivity index (χ1n) is 6.57. The van der Waals surface area contributed by atoms with Gasteiger partial charge in [0, 0.05) is 18.2 Å². The van der Waals surface area contributed by atoms with Gasteiger partial charge in [0.1, 0.15) is 5.82 Å². The third kappa shape index (κ3) is 4.72. The van der Waals surface area contributed by atoms with Crippen LogP contribution in [0.4, 0.5) is 10.1 Å². The average molecular weight is 366 g/mol. The van der Waals surface area contributed by atoms with Gasteiger partial charge in [0.15, 0.2) is 0 Å². The topological polar surface area (TPSA) is 55.1 Å². The molecule has 1 amide bonds. The Hall–Kier alpha value is -0.650. The van der Waals surface area contributed by atoms with E-state index in [1.807, 2.05) is 0 Å². The SMILES string of the molecule is Cl.NC1CCCCC1CC(=O)Nc1ccc(Br)c(F)c1. The van der Waals surface area contributed by atoms with Crippen LogP contribution in [0.15, 0.2) is 22.7 Å². The van der Waals surface area contributed by atoms with Crippen molar-refractivity contribution in [1.82, 2.24) is 0 Å². The summed E-state index contributed by atoms with van der Waals surface area (Å²) in [4.78, 5) is 11.9. The summed E-state index contributed by atoms with van der Waals surface area (Å²) in [6.45, 7) is 0. The second-order valence-electron chi connectivity index (χ2n) is 5.09. The van der Waals surface area contributed by atoms with Crippen LogP contribution >= 0.6 is 28.3 Å². The summed E-state index contributed by atoms with van der Waals surface area (Å²) in [5.41, 5.74) is 6.50. The number of nitrogens with one attached hydrogen (secondary N) is 1. The minimum Gasteiger partial charge on any atom is -0.327 e. The van der Waals surface area contributed by atoms with Gasteiger partial charge in [-0.15, -0.1) is 12.4 Å². The number of rotatable bonds is 3. The van der Waals surface area contributed by atoms with Gasteiger partial charge in [0.25, 0.3) is 0 Å². The van der Waals surface area contributed by atoms with Crippen LogP contribution in [0.5, 0.6) is 0 Å². The first-order valence-corrected chi connectivity index (χ1v) is 7.36. The van der Waals surface area contributed by atoms with Crippen molar-refractivity contribution >= 4 is 39.9 Å². The fourth-order valence-corrected chi connectivity index (χ4v) is 2.76. The van der Waals surface area contributed by atoms with E-state index in [1.54, 1.807) is 12.1 Å². The Labute approximate surface area is 133 Å². The Morgan fingerprint density at radius 2 is 2.10 bits per heavy atom. The highest BCUT2D eigenvalue weighted by atomic mass is 79.9. The van der Waals surface area contributed by atoms with Crippen molar-refractivity contribution in [3.8, 4) is 0 Å². The van der Waals surface area contributed by atoms with Crippen LogP contribution in [0, 0.1) is 11.7 Å². The van der Waals surface area contributed by atoms with Crippen molar-refractivity contribution < 1.29 is 9.18 Å². The van der Waals surface area contributed by atoms with Gasteiger partial charge in [-0.3, -0.25) is 4.79 Å². The molecular weight excluding hydrogens is 347 g/mol. The normalized spacial score (nSPS) is 21.9. The molecule has 0 heterocycles. The van der Waals surface area contributed by atoms with Gasteiger partial charge < -0.3 is 11.1 Å². The number of hydrogen-bond acceptors (Lipinski definition) is 2. The van der Waals surface area contributed by atoms with Gasteiger partial charge in [0.2, 0.25) is 5.91 Å². The predicted octanol–water partition coefficient (Wildman–Crippen LogP) is 3.86. The molecule has 0 saturated heterocycles.